The first-order chi connectivity index (χ1) is 12.0. The van der Waals surface area contributed by atoms with Crippen LogP contribution in [0, 0.1) is 13.8 Å². The van der Waals surface area contributed by atoms with Crippen molar-refractivity contribution in [1.29, 1.82) is 0 Å². The monoisotopic (exact) mass is 339 g/mol. The van der Waals surface area contributed by atoms with Gasteiger partial charge in [-0.15, -0.1) is 0 Å². The molecule has 1 amide bonds. The number of carbonyl (C=O) groups is 1. The molecule has 2 aromatic rings. The van der Waals surface area contributed by atoms with E-state index in [1.54, 1.807) is 14.2 Å². The fourth-order valence-electron chi connectivity index (χ4n) is 3.06. The summed E-state index contributed by atoms with van der Waals surface area (Å²) >= 11 is 0. The van der Waals surface area contributed by atoms with Gasteiger partial charge in [-0.1, -0.05) is 17.7 Å². The van der Waals surface area contributed by atoms with E-state index in [1.165, 1.54) is 0 Å². The van der Waals surface area contributed by atoms with Crippen molar-refractivity contribution in [2.24, 2.45) is 0 Å². The molecule has 0 N–H and O–H groups in total. The molecule has 1 fully saturated rings. The van der Waals surface area contributed by atoms with Crippen LogP contribution < -0.4 is 9.47 Å². The van der Waals surface area contributed by atoms with Crippen molar-refractivity contribution < 1.29 is 14.3 Å². The number of rotatable bonds is 6. The summed E-state index contributed by atoms with van der Waals surface area (Å²) in [7, 11) is 3.30. The first kappa shape index (κ1) is 17.3. The van der Waals surface area contributed by atoms with Crippen molar-refractivity contribution in [3.63, 3.8) is 0 Å². The van der Waals surface area contributed by atoms with E-state index in [4.69, 9.17) is 9.47 Å². The summed E-state index contributed by atoms with van der Waals surface area (Å²) in [5.74, 6) is 1.64. The molecule has 0 saturated heterocycles. The van der Waals surface area contributed by atoms with Gasteiger partial charge in [0, 0.05) is 17.2 Å². The molecule has 2 aromatic carbocycles. The molecule has 1 saturated carbocycles. The minimum absolute atomic E-state index is 0.0913. The highest BCUT2D eigenvalue weighted by atomic mass is 16.5. The number of ether oxygens (including phenoxy) is 2. The average Bonchev–Trinajstić information content (AvgIpc) is 3.45. The maximum Gasteiger partial charge on any atom is 0.254 e. The molecule has 0 aliphatic heterocycles. The Morgan fingerprint density at radius 3 is 2.48 bits per heavy atom. The summed E-state index contributed by atoms with van der Waals surface area (Å²) in [5, 5.41) is 0. The van der Waals surface area contributed by atoms with Crippen LogP contribution in [-0.4, -0.2) is 31.1 Å². The van der Waals surface area contributed by atoms with E-state index in [0.717, 1.165) is 46.6 Å². The van der Waals surface area contributed by atoms with Gasteiger partial charge in [0.1, 0.15) is 11.5 Å². The molecule has 0 heterocycles. The molecule has 1 aliphatic rings. The molecule has 25 heavy (non-hydrogen) atoms. The Morgan fingerprint density at radius 1 is 1.08 bits per heavy atom. The SMILES string of the molecule is COc1ccc(OC)c(CN(C(=O)c2cc(C)ccc2C)C2CC2)c1. The highest BCUT2D eigenvalue weighted by Gasteiger charge is 2.34. The number of amides is 1. The second-order valence-electron chi connectivity index (χ2n) is 6.66. The lowest BCUT2D eigenvalue weighted by molar-refractivity contribution is 0.0727. The van der Waals surface area contributed by atoms with Crippen LogP contribution in [0.15, 0.2) is 36.4 Å². The summed E-state index contributed by atoms with van der Waals surface area (Å²) in [6.07, 6.45) is 2.12. The molecular formula is C21H25NO3. The summed E-state index contributed by atoms with van der Waals surface area (Å²) in [6, 6.07) is 12.1. The molecule has 0 atom stereocenters. The van der Waals surface area contributed by atoms with E-state index in [-0.39, 0.29) is 5.91 Å². The number of hydrogen-bond donors (Lipinski definition) is 0. The molecule has 4 heteroatoms. The normalized spacial score (nSPS) is 13.4. The highest BCUT2D eigenvalue weighted by molar-refractivity contribution is 5.96. The van der Waals surface area contributed by atoms with E-state index in [0.29, 0.717) is 12.6 Å². The van der Waals surface area contributed by atoms with Gasteiger partial charge in [0.2, 0.25) is 0 Å². The van der Waals surface area contributed by atoms with E-state index in [1.807, 2.05) is 55.1 Å². The summed E-state index contributed by atoms with van der Waals surface area (Å²) < 4.78 is 10.8. The second-order valence-corrected chi connectivity index (χ2v) is 6.66. The molecule has 132 valence electrons. The van der Waals surface area contributed by atoms with E-state index >= 15 is 0 Å². The van der Waals surface area contributed by atoms with Gasteiger partial charge in [0.05, 0.1) is 20.8 Å². The summed E-state index contributed by atoms with van der Waals surface area (Å²) in [4.78, 5) is 15.2. The zero-order valence-corrected chi connectivity index (χ0v) is 15.3. The number of hydrogen-bond acceptors (Lipinski definition) is 3. The molecule has 3 rings (SSSR count). The van der Waals surface area contributed by atoms with Crippen LogP contribution in [0.2, 0.25) is 0 Å². The predicted molar refractivity (Wildman–Crippen MR) is 98.4 cm³/mol. The Hall–Kier alpha value is -2.49. The maximum absolute atomic E-state index is 13.2. The lowest BCUT2D eigenvalue weighted by Crippen LogP contribution is -2.33. The summed E-state index contributed by atoms with van der Waals surface area (Å²) in [5.41, 5.74) is 3.86. The van der Waals surface area contributed by atoms with Crippen molar-refractivity contribution in [2.75, 3.05) is 14.2 Å². The second kappa shape index (κ2) is 7.18. The first-order valence-electron chi connectivity index (χ1n) is 8.62. The van der Waals surface area contributed by atoms with Crippen LogP contribution in [0.5, 0.6) is 11.5 Å². The number of nitrogens with zero attached hydrogens (tertiary/aromatic N) is 1. The highest BCUT2D eigenvalue weighted by Crippen LogP contribution is 2.33. The first-order valence-corrected chi connectivity index (χ1v) is 8.62. The van der Waals surface area contributed by atoms with Crippen molar-refractivity contribution in [3.05, 3.63) is 58.7 Å². The fourth-order valence-corrected chi connectivity index (χ4v) is 3.06. The lowest BCUT2D eigenvalue weighted by atomic mass is 10.0. The fraction of sp³-hybridized carbons (Fsp3) is 0.381. The van der Waals surface area contributed by atoms with Crippen molar-refractivity contribution in [1.82, 2.24) is 4.90 Å². The van der Waals surface area contributed by atoms with Gasteiger partial charge in [0.25, 0.3) is 5.91 Å². The van der Waals surface area contributed by atoms with Gasteiger partial charge in [0.15, 0.2) is 0 Å². The molecule has 0 radical (unpaired) electrons. The molecule has 0 spiro atoms. The number of carbonyl (C=O) groups excluding carboxylic acids is 1. The third-order valence-electron chi connectivity index (χ3n) is 4.70. The van der Waals surface area contributed by atoms with Crippen molar-refractivity contribution >= 4 is 5.91 Å². The summed E-state index contributed by atoms with van der Waals surface area (Å²) in [6.45, 7) is 4.53. The van der Waals surface area contributed by atoms with Crippen LogP contribution in [-0.2, 0) is 6.54 Å². The Bertz CT molecular complexity index is 781. The Kier molecular flexibility index (Phi) is 4.98. The minimum Gasteiger partial charge on any atom is -0.497 e. The van der Waals surface area contributed by atoms with Gasteiger partial charge in [-0.05, 0) is 56.5 Å². The lowest BCUT2D eigenvalue weighted by Gasteiger charge is -2.25. The van der Waals surface area contributed by atoms with Crippen LogP contribution in [0.25, 0.3) is 0 Å². The Labute approximate surface area is 149 Å². The molecular weight excluding hydrogens is 314 g/mol. The van der Waals surface area contributed by atoms with Crippen LogP contribution in [0.1, 0.15) is 39.9 Å². The largest absolute Gasteiger partial charge is 0.497 e. The van der Waals surface area contributed by atoms with Gasteiger partial charge in [-0.25, -0.2) is 0 Å². The zero-order valence-electron chi connectivity index (χ0n) is 15.3. The van der Waals surface area contributed by atoms with Gasteiger partial charge in [-0.2, -0.15) is 0 Å². The van der Waals surface area contributed by atoms with Crippen LogP contribution in [0.4, 0.5) is 0 Å². The van der Waals surface area contributed by atoms with Gasteiger partial charge < -0.3 is 14.4 Å². The van der Waals surface area contributed by atoms with Crippen LogP contribution in [0.3, 0.4) is 0 Å². The van der Waals surface area contributed by atoms with E-state index in [2.05, 4.69) is 0 Å². The zero-order chi connectivity index (χ0) is 18.0. The van der Waals surface area contributed by atoms with E-state index < -0.39 is 0 Å². The molecule has 0 bridgehead atoms. The smallest absolute Gasteiger partial charge is 0.254 e. The predicted octanol–water partition coefficient (Wildman–Crippen LogP) is 4.13. The number of aryl methyl sites for hydroxylation is 2. The Morgan fingerprint density at radius 2 is 1.84 bits per heavy atom. The third kappa shape index (κ3) is 3.78. The number of methoxy groups -OCH3 is 2. The number of benzene rings is 2. The van der Waals surface area contributed by atoms with E-state index in [9.17, 15) is 4.79 Å². The third-order valence-corrected chi connectivity index (χ3v) is 4.70. The van der Waals surface area contributed by atoms with Crippen LogP contribution >= 0.6 is 0 Å². The van der Waals surface area contributed by atoms with Crippen molar-refractivity contribution in [3.8, 4) is 11.5 Å². The molecule has 0 unspecified atom stereocenters. The Balaban J connectivity index is 1.92. The minimum atomic E-state index is 0.0913. The van der Waals surface area contributed by atoms with Gasteiger partial charge in [-0.3, -0.25) is 4.79 Å². The van der Waals surface area contributed by atoms with Crippen molar-refractivity contribution in [2.45, 2.75) is 39.3 Å². The standard InChI is InChI=1S/C21H25NO3/c1-14-5-6-15(2)19(11-14)21(23)22(17-7-8-17)13-16-12-18(24-3)9-10-20(16)25-4/h5-6,9-12,17H,7-8,13H2,1-4H3. The molecule has 1 aliphatic carbocycles. The molecule has 0 aromatic heterocycles. The average molecular weight is 339 g/mol. The molecule has 4 nitrogen and oxygen atoms in total. The maximum atomic E-state index is 13.2. The topological polar surface area (TPSA) is 38.8 Å². The van der Waals surface area contributed by atoms with Gasteiger partial charge >= 0.3 is 0 Å². The quantitative estimate of drug-likeness (QED) is 0.794.